The second-order valence-corrected chi connectivity index (χ2v) is 8.87. The molecule has 0 bridgehead atoms. The zero-order valence-electron chi connectivity index (χ0n) is 17.7. The maximum absolute atomic E-state index is 12.5. The quantitative estimate of drug-likeness (QED) is 0.202. The summed E-state index contributed by atoms with van der Waals surface area (Å²) in [5.41, 5.74) is 0. The minimum absolute atomic E-state index is 0. The summed E-state index contributed by atoms with van der Waals surface area (Å²) in [6, 6.07) is 12.8. The summed E-state index contributed by atoms with van der Waals surface area (Å²) in [4.78, 5) is 0.267. The molecule has 0 amide bonds. The fourth-order valence-corrected chi connectivity index (χ4v) is 4.58. The van der Waals surface area contributed by atoms with Crippen molar-refractivity contribution in [1.82, 2.24) is 0 Å². The maximum Gasteiger partial charge on any atom is 0.297 e. The van der Waals surface area contributed by atoms with Gasteiger partial charge < -0.3 is 0 Å². The number of rotatable bonds is 14. The van der Waals surface area contributed by atoms with E-state index in [0.717, 1.165) is 30.0 Å². The molecule has 2 aromatic carbocycles. The summed E-state index contributed by atoms with van der Waals surface area (Å²) in [6.07, 6.45) is 13.6. The van der Waals surface area contributed by atoms with Crippen molar-refractivity contribution in [2.24, 2.45) is 0 Å². The van der Waals surface area contributed by atoms with Gasteiger partial charge in [-0.05, 0) is 17.9 Å². The molecule has 0 saturated carbocycles. The molecular weight excluding hydrogens is 379 g/mol. The average molecular weight is 414 g/mol. The van der Waals surface area contributed by atoms with E-state index in [-0.39, 0.29) is 41.1 Å². The Hall–Kier alpha value is -0.390. The van der Waals surface area contributed by atoms with Crippen molar-refractivity contribution >= 4 is 50.4 Å². The standard InChI is InChI=1S/C23H34O3S.Na/c1-2-3-4-5-6-7-8-9-10-11-14-20-26-27(24,25)23-19-15-17-21-16-12-13-18-22(21)23;/h12-13,15-19H,2-11,14,20H2,1H3;. The Kier molecular flexibility index (Phi) is 13.3. The van der Waals surface area contributed by atoms with Gasteiger partial charge in [-0.25, -0.2) is 0 Å². The summed E-state index contributed by atoms with van der Waals surface area (Å²) >= 11 is 0. The van der Waals surface area contributed by atoms with Gasteiger partial charge in [-0.2, -0.15) is 8.42 Å². The number of hydrogen-bond acceptors (Lipinski definition) is 3. The molecule has 0 aliphatic rings. The van der Waals surface area contributed by atoms with Crippen LogP contribution in [0.4, 0.5) is 0 Å². The second kappa shape index (κ2) is 14.6. The Morgan fingerprint density at radius 1 is 0.714 bits per heavy atom. The average Bonchev–Trinajstić information content (AvgIpc) is 2.68. The number of benzene rings is 2. The van der Waals surface area contributed by atoms with Crippen molar-refractivity contribution in [2.45, 2.75) is 82.4 Å². The van der Waals surface area contributed by atoms with Crippen LogP contribution in [0.5, 0.6) is 0 Å². The van der Waals surface area contributed by atoms with E-state index in [0.29, 0.717) is 0 Å². The first-order chi connectivity index (χ1) is 13.1. The summed E-state index contributed by atoms with van der Waals surface area (Å²) in [5, 5.41) is 1.64. The van der Waals surface area contributed by atoms with E-state index in [4.69, 9.17) is 4.18 Å². The molecule has 28 heavy (non-hydrogen) atoms. The van der Waals surface area contributed by atoms with Crippen LogP contribution in [0, 0.1) is 0 Å². The van der Waals surface area contributed by atoms with Gasteiger partial charge in [0, 0.05) is 34.9 Å². The third-order valence-electron chi connectivity index (χ3n) is 5.01. The first-order valence-electron chi connectivity index (χ1n) is 10.5. The number of fused-ring (bicyclic) bond motifs is 1. The van der Waals surface area contributed by atoms with E-state index in [9.17, 15) is 8.42 Å². The van der Waals surface area contributed by atoms with Crippen LogP contribution in [0.2, 0.25) is 0 Å². The minimum atomic E-state index is -3.70. The van der Waals surface area contributed by atoms with Crippen molar-refractivity contribution in [3.05, 3.63) is 42.5 Å². The van der Waals surface area contributed by atoms with Crippen LogP contribution >= 0.6 is 0 Å². The van der Waals surface area contributed by atoms with Crippen LogP contribution in [-0.2, 0) is 14.3 Å². The summed E-state index contributed by atoms with van der Waals surface area (Å²) in [6.45, 7) is 2.51. The van der Waals surface area contributed by atoms with Gasteiger partial charge in [0.1, 0.15) is 4.90 Å². The normalized spacial score (nSPS) is 11.5. The molecule has 0 unspecified atom stereocenters. The van der Waals surface area contributed by atoms with Crippen molar-refractivity contribution in [3.8, 4) is 0 Å². The molecule has 3 nitrogen and oxygen atoms in total. The fraction of sp³-hybridized carbons (Fsp3) is 0.565. The zero-order valence-corrected chi connectivity index (χ0v) is 20.5. The second-order valence-electron chi connectivity index (χ2n) is 7.29. The molecular formula is C23H34NaO3S. The third kappa shape index (κ3) is 8.96. The molecule has 0 saturated heterocycles. The Morgan fingerprint density at radius 3 is 1.89 bits per heavy atom. The summed E-state index contributed by atoms with van der Waals surface area (Å²) < 4.78 is 30.3. The van der Waals surface area contributed by atoms with Crippen molar-refractivity contribution < 1.29 is 12.6 Å². The molecule has 0 aromatic heterocycles. The molecule has 1 radical (unpaired) electrons. The molecule has 2 aromatic rings. The zero-order chi connectivity index (χ0) is 19.4. The number of unbranched alkanes of at least 4 members (excludes halogenated alkanes) is 10. The van der Waals surface area contributed by atoms with Gasteiger partial charge in [0.25, 0.3) is 10.1 Å². The first kappa shape index (κ1) is 25.6. The largest absolute Gasteiger partial charge is 0.297 e. The molecule has 0 spiro atoms. The Balaban J connectivity index is 0.00000392. The minimum Gasteiger partial charge on any atom is -0.266 e. The molecule has 0 N–H and O–H groups in total. The van der Waals surface area contributed by atoms with Gasteiger partial charge in [0.2, 0.25) is 0 Å². The van der Waals surface area contributed by atoms with Gasteiger partial charge in [-0.1, -0.05) is 108 Å². The smallest absolute Gasteiger partial charge is 0.266 e. The summed E-state index contributed by atoms with van der Waals surface area (Å²) in [5.74, 6) is 0. The Bertz CT molecular complexity index is 769. The van der Waals surface area contributed by atoms with Crippen LogP contribution in [-0.4, -0.2) is 44.6 Å². The van der Waals surface area contributed by atoms with E-state index in [1.54, 1.807) is 12.1 Å². The molecule has 0 aliphatic heterocycles. The monoisotopic (exact) mass is 413 g/mol. The molecule has 5 heteroatoms. The van der Waals surface area contributed by atoms with Gasteiger partial charge >= 0.3 is 0 Å². The van der Waals surface area contributed by atoms with Gasteiger partial charge in [0.05, 0.1) is 6.61 Å². The first-order valence-corrected chi connectivity index (χ1v) is 11.9. The fourth-order valence-electron chi connectivity index (χ4n) is 3.41. The predicted molar refractivity (Wildman–Crippen MR) is 119 cm³/mol. The van der Waals surface area contributed by atoms with Crippen molar-refractivity contribution in [2.75, 3.05) is 6.61 Å². The van der Waals surface area contributed by atoms with Crippen LogP contribution < -0.4 is 0 Å². The van der Waals surface area contributed by atoms with Gasteiger partial charge in [0.15, 0.2) is 0 Å². The van der Waals surface area contributed by atoms with Crippen LogP contribution in [0.25, 0.3) is 10.8 Å². The van der Waals surface area contributed by atoms with Gasteiger partial charge in [-0.3, -0.25) is 4.18 Å². The maximum atomic E-state index is 12.5. The van der Waals surface area contributed by atoms with Crippen LogP contribution in [0.15, 0.2) is 47.4 Å². The molecule has 0 fully saturated rings. The van der Waals surface area contributed by atoms with Crippen molar-refractivity contribution in [1.29, 1.82) is 0 Å². The SMILES string of the molecule is CCCCCCCCCCCCCOS(=O)(=O)c1cccc2ccccc12.[Na]. The Morgan fingerprint density at radius 2 is 1.25 bits per heavy atom. The van der Waals surface area contributed by atoms with Crippen molar-refractivity contribution in [3.63, 3.8) is 0 Å². The van der Waals surface area contributed by atoms with E-state index >= 15 is 0 Å². The van der Waals surface area contributed by atoms with E-state index < -0.39 is 10.1 Å². The number of hydrogen-bond donors (Lipinski definition) is 0. The molecule has 0 heterocycles. The Labute approximate surface area is 193 Å². The topological polar surface area (TPSA) is 43.4 Å². The third-order valence-corrected chi connectivity index (χ3v) is 6.38. The van der Waals surface area contributed by atoms with E-state index in [1.807, 2.05) is 30.3 Å². The van der Waals surface area contributed by atoms with E-state index in [2.05, 4.69) is 6.92 Å². The van der Waals surface area contributed by atoms with Gasteiger partial charge in [-0.15, -0.1) is 0 Å². The van der Waals surface area contributed by atoms with E-state index in [1.165, 1.54) is 51.4 Å². The molecule has 0 atom stereocenters. The van der Waals surface area contributed by atoms with Crippen LogP contribution in [0.3, 0.4) is 0 Å². The molecule has 2 rings (SSSR count). The molecule has 0 aliphatic carbocycles. The summed E-state index contributed by atoms with van der Waals surface area (Å²) in [7, 11) is -3.70. The predicted octanol–water partition coefficient (Wildman–Crippen LogP) is 6.48. The molecule has 151 valence electrons. The van der Waals surface area contributed by atoms with Crippen LogP contribution in [0.1, 0.15) is 77.6 Å².